The smallest absolute Gasteiger partial charge is 0.319 e. The third kappa shape index (κ3) is 4.87. The van der Waals surface area contributed by atoms with Gasteiger partial charge in [0, 0.05) is 68.6 Å². The number of hydrogen-bond donors (Lipinski definition) is 1. The lowest BCUT2D eigenvalue weighted by Gasteiger charge is -2.34. The first-order valence-corrected chi connectivity index (χ1v) is 13.9. The quantitative estimate of drug-likeness (QED) is 0.559. The van der Waals surface area contributed by atoms with Crippen LogP contribution < -0.4 is 10.9 Å². The van der Waals surface area contributed by atoms with Gasteiger partial charge in [0.25, 0.3) is 5.56 Å². The summed E-state index contributed by atoms with van der Waals surface area (Å²) < 4.78 is 7.48. The van der Waals surface area contributed by atoms with Crippen LogP contribution in [0.1, 0.15) is 50.1 Å². The number of fused-ring (bicyclic) bond motifs is 1. The second kappa shape index (κ2) is 10.7. The molecule has 5 heterocycles. The number of hydrogen-bond acceptors (Lipinski definition) is 6. The number of likely N-dealkylation sites (tertiary alicyclic amines) is 2. The number of urea groups is 1. The van der Waals surface area contributed by atoms with Crippen LogP contribution in [0.2, 0.25) is 0 Å². The zero-order valence-electron chi connectivity index (χ0n) is 22.1. The van der Waals surface area contributed by atoms with Crippen molar-refractivity contribution in [2.45, 2.75) is 57.5 Å². The third-order valence-electron chi connectivity index (χ3n) is 8.24. The van der Waals surface area contributed by atoms with Crippen LogP contribution in [-0.4, -0.2) is 75.8 Å². The Hall–Kier alpha value is -3.46. The number of anilines is 1. The predicted octanol–water partition coefficient (Wildman–Crippen LogP) is 4.21. The van der Waals surface area contributed by atoms with Gasteiger partial charge in [-0.05, 0) is 62.6 Å². The highest BCUT2D eigenvalue weighted by molar-refractivity contribution is 5.82. The molecule has 0 spiro atoms. The fraction of sp³-hybridized carbons (Fsp3) is 0.517. The second-order valence-electron chi connectivity index (χ2n) is 10.7. The van der Waals surface area contributed by atoms with Crippen molar-refractivity contribution in [2.75, 3.05) is 44.7 Å². The molecule has 2 aromatic heterocycles. The van der Waals surface area contributed by atoms with E-state index in [9.17, 15) is 9.59 Å². The monoisotopic (exact) mass is 516 g/mol. The fourth-order valence-corrected chi connectivity index (χ4v) is 6.05. The normalized spacial score (nSPS) is 19.3. The van der Waals surface area contributed by atoms with E-state index >= 15 is 0 Å². The number of amides is 2. The van der Waals surface area contributed by atoms with E-state index in [4.69, 9.17) is 9.72 Å². The molecule has 3 aromatic rings. The molecule has 9 nitrogen and oxygen atoms in total. The Labute approximate surface area is 222 Å². The number of aryl methyl sites for hydroxylation is 1. The molecular formula is C29H36N6O3. The van der Waals surface area contributed by atoms with Crippen molar-refractivity contribution in [3.63, 3.8) is 0 Å². The number of benzene rings is 1. The molecule has 1 N–H and O–H groups in total. The van der Waals surface area contributed by atoms with Crippen LogP contribution in [0.4, 0.5) is 10.7 Å². The summed E-state index contributed by atoms with van der Waals surface area (Å²) in [5, 5.41) is 4.35. The summed E-state index contributed by atoms with van der Waals surface area (Å²) in [6.07, 6.45) is 7.29. The van der Waals surface area contributed by atoms with Crippen LogP contribution in [0.25, 0.3) is 22.2 Å². The molecule has 3 aliphatic heterocycles. The highest BCUT2D eigenvalue weighted by atomic mass is 16.5. The molecule has 200 valence electrons. The van der Waals surface area contributed by atoms with Crippen molar-refractivity contribution in [1.29, 1.82) is 0 Å². The van der Waals surface area contributed by atoms with Crippen molar-refractivity contribution < 1.29 is 9.53 Å². The minimum atomic E-state index is -0.0166. The Bertz CT molecular complexity index is 1370. The molecule has 0 saturated carbocycles. The van der Waals surface area contributed by atoms with Gasteiger partial charge in [-0.2, -0.15) is 4.98 Å². The summed E-state index contributed by atoms with van der Waals surface area (Å²) in [6, 6.07) is 10.3. The molecule has 6 rings (SSSR count). The number of pyridine rings is 1. The second-order valence-corrected chi connectivity index (χ2v) is 10.7. The van der Waals surface area contributed by atoms with E-state index in [2.05, 4.69) is 10.3 Å². The first-order chi connectivity index (χ1) is 18.6. The Morgan fingerprint density at radius 1 is 0.974 bits per heavy atom. The molecule has 0 unspecified atom stereocenters. The molecule has 0 aliphatic carbocycles. The highest BCUT2D eigenvalue weighted by Gasteiger charge is 2.28. The molecule has 3 aliphatic rings. The number of carbonyl (C=O) groups is 1. The number of ether oxygens (including phenoxy) is 1. The molecule has 2 amide bonds. The van der Waals surface area contributed by atoms with Crippen molar-refractivity contribution in [3.05, 3.63) is 52.4 Å². The zero-order chi connectivity index (χ0) is 26.1. The zero-order valence-corrected chi connectivity index (χ0v) is 22.1. The minimum absolute atomic E-state index is 0.0166. The van der Waals surface area contributed by atoms with Gasteiger partial charge in [0.1, 0.15) is 5.65 Å². The number of nitrogens with one attached hydrogen (secondary N) is 1. The van der Waals surface area contributed by atoms with E-state index in [0.717, 1.165) is 81.2 Å². The maximum absolute atomic E-state index is 13.9. The fourth-order valence-electron chi connectivity index (χ4n) is 6.05. The van der Waals surface area contributed by atoms with Crippen molar-refractivity contribution in [2.24, 2.45) is 0 Å². The van der Waals surface area contributed by atoms with Gasteiger partial charge < -0.3 is 19.9 Å². The topological polar surface area (TPSA) is 92.6 Å². The number of carbonyl (C=O) groups excluding carboxylic acids is 1. The standard InChI is InChI=1S/C29H36N6O3/c1-20-6-2-3-7-24(20)25-18-21-19-30-28(32-26(21)35(27(25)36)23-10-16-38-17-11-23)31-22-8-14-34(15-9-22)29(37)33-12-4-5-13-33/h2-3,6-7,18-19,22-23H,4-5,8-17H2,1H3,(H,30,31,32). The van der Waals surface area contributed by atoms with Crippen LogP contribution in [0.3, 0.4) is 0 Å². The highest BCUT2D eigenvalue weighted by Crippen LogP contribution is 2.28. The Morgan fingerprint density at radius 3 is 2.42 bits per heavy atom. The van der Waals surface area contributed by atoms with Gasteiger partial charge >= 0.3 is 6.03 Å². The molecule has 38 heavy (non-hydrogen) atoms. The van der Waals surface area contributed by atoms with Crippen molar-refractivity contribution in [1.82, 2.24) is 24.3 Å². The van der Waals surface area contributed by atoms with Gasteiger partial charge in [0.15, 0.2) is 0 Å². The summed E-state index contributed by atoms with van der Waals surface area (Å²) in [6.45, 7) is 6.52. The van der Waals surface area contributed by atoms with E-state index in [1.165, 1.54) is 0 Å². The summed E-state index contributed by atoms with van der Waals surface area (Å²) in [5.41, 5.74) is 3.34. The first kappa shape index (κ1) is 24.9. The molecule has 0 bridgehead atoms. The Balaban J connectivity index is 1.27. The van der Waals surface area contributed by atoms with E-state index in [1.54, 1.807) is 0 Å². The van der Waals surface area contributed by atoms with Gasteiger partial charge in [-0.15, -0.1) is 0 Å². The SMILES string of the molecule is Cc1ccccc1-c1cc2cnc(NC3CCN(C(=O)N4CCCC4)CC3)nc2n(C2CCOCC2)c1=O. The maximum atomic E-state index is 13.9. The molecule has 0 atom stereocenters. The lowest BCUT2D eigenvalue weighted by atomic mass is 10.00. The van der Waals surface area contributed by atoms with E-state index < -0.39 is 0 Å². The van der Waals surface area contributed by atoms with Gasteiger partial charge in [-0.25, -0.2) is 9.78 Å². The third-order valence-corrected chi connectivity index (χ3v) is 8.24. The Morgan fingerprint density at radius 2 is 1.68 bits per heavy atom. The molecular weight excluding hydrogens is 480 g/mol. The molecule has 0 radical (unpaired) electrons. The van der Waals surface area contributed by atoms with Crippen LogP contribution in [0, 0.1) is 6.92 Å². The van der Waals surface area contributed by atoms with E-state index in [0.29, 0.717) is 30.4 Å². The van der Waals surface area contributed by atoms with Crippen LogP contribution in [0.5, 0.6) is 0 Å². The lowest BCUT2D eigenvalue weighted by Crippen LogP contribution is -2.47. The number of nitrogens with zero attached hydrogens (tertiary/aromatic N) is 5. The summed E-state index contributed by atoms with van der Waals surface area (Å²) >= 11 is 0. The molecule has 1 aromatic carbocycles. The number of piperidine rings is 1. The maximum Gasteiger partial charge on any atom is 0.319 e. The van der Waals surface area contributed by atoms with Gasteiger partial charge in [0.05, 0.1) is 0 Å². The average molecular weight is 517 g/mol. The van der Waals surface area contributed by atoms with E-state index in [1.807, 2.05) is 57.8 Å². The van der Waals surface area contributed by atoms with E-state index in [-0.39, 0.29) is 23.7 Å². The summed E-state index contributed by atoms with van der Waals surface area (Å²) in [7, 11) is 0. The minimum Gasteiger partial charge on any atom is -0.381 e. The lowest BCUT2D eigenvalue weighted by molar-refractivity contribution is 0.0697. The van der Waals surface area contributed by atoms with Crippen LogP contribution in [-0.2, 0) is 4.74 Å². The predicted molar refractivity (Wildman–Crippen MR) is 147 cm³/mol. The number of aromatic nitrogens is 3. The summed E-state index contributed by atoms with van der Waals surface area (Å²) in [4.78, 5) is 40.2. The molecule has 3 saturated heterocycles. The van der Waals surface area contributed by atoms with Crippen LogP contribution in [0.15, 0.2) is 41.3 Å². The summed E-state index contributed by atoms with van der Waals surface area (Å²) in [5.74, 6) is 0.533. The molecule has 3 fully saturated rings. The van der Waals surface area contributed by atoms with Gasteiger partial charge in [-0.1, -0.05) is 24.3 Å². The number of rotatable bonds is 4. The average Bonchev–Trinajstić information content (AvgIpc) is 3.49. The van der Waals surface area contributed by atoms with Gasteiger partial charge in [-0.3, -0.25) is 9.36 Å². The van der Waals surface area contributed by atoms with Crippen molar-refractivity contribution >= 4 is 23.0 Å². The largest absolute Gasteiger partial charge is 0.381 e. The van der Waals surface area contributed by atoms with Gasteiger partial charge in [0.2, 0.25) is 5.95 Å². The Kier molecular flexibility index (Phi) is 7.02. The molecule has 9 heteroatoms. The van der Waals surface area contributed by atoms with Crippen LogP contribution >= 0.6 is 0 Å². The van der Waals surface area contributed by atoms with Crippen molar-refractivity contribution in [3.8, 4) is 11.1 Å². The first-order valence-electron chi connectivity index (χ1n) is 13.9.